The molecule has 1 heterocycles. The van der Waals surface area contributed by atoms with Crippen LogP contribution in [0.4, 0.5) is 0 Å². The molecule has 0 aliphatic rings. The van der Waals surface area contributed by atoms with Crippen LogP contribution in [0.3, 0.4) is 0 Å². The molecule has 1 aromatic heterocycles. The molecule has 0 saturated heterocycles. The van der Waals surface area contributed by atoms with Crippen LogP contribution in [-0.4, -0.2) is 21.4 Å². The fourth-order valence-corrected chi connectivity index (χ4v) is 1.19. The number of aliphatic hydroxyl groups is 1. The Morgan fingerprint density at radius 2 is 2.17 bits per heavy atom. The molecule has 0 aromatic carbocycles. The number of hydrogen-bond acceptors (Lipinski definition) is 3. The molecular formula is C7H8Cl2N2O. The molecular weight excluding hydrogens is 199 g/mol. The first-order valence-electron chi connectivity index (χ1n) is 3.45. The topological polar surface area (TPSA) is 46.0 Å². The molecule has 1 N–H and O–H groups in total. The number of nitrogens with zero attached hydrogens (tertiary/aromatic N) is 2. The third kappa shape index (κ3) is 2.59. The van der Waals surface area contributed by atoms with Crippen LogP contribution >= 0.6 is 23.2 Å². The maximum Gasteiger partial charge on any atom is 0.155 e. The van der Waals surface area contributed by atoms with Gasteiger partial charge in [0.2, 0.25) is 0 Å². The van der Waals surface area contributed by atoms with Crippen LogP contribution in [0.15, 0.2) is 6.07 Å². The van der Waals surface area contributed by atoms with E-state index < -0.39 is 6.10 Å². The molecule has 0 aliphatic carbocycles. The van der Waals surface area contributed by atoms with Gasteiger partial charge in [0.15, 0.2) is 10.3 Å². The second-order valence-electron chi connectivity index (χ2n) is 2.54. The zero-order valence-corrected chi connectivity index (χ0v) is 7.97. The maximum absolute atomic E-state index is 9.07. The van der Waals surface area contributed by atoms with E-state index >= 15 is 0 Å². The van der Waals surface area contributed by atoms with Crippen LogP contribution in [0.1, 0.15) is 12.5 Å². The number of aromatic nitrogens is 2. The molecule has 0 unspecified atom stereocenters. The van der Waals surface area contributed by atoms with Gasteiger partial charge in [0.25, 0.3) is 0 Å². The van der Waals surface area contributed by atoms with E-state index in [1.54, 1.807) is 13.0 Å². The molecule has 0 spiro atoms. The smallest absolute Gasteiger partial charge is 0.155 e. The summed E-state index contributed by atoms with van der Waals surface area (Å²) in [6.45, 7) is 1.67. The lowest BCUT2D eigenvalue weighted by atomic mass is 10.1. The van der Waals surface area contributed by atoms with E-state index in [4.69, 9.17) is 28.3 Å². The van der Waals surface area contributed by atoms with E-state index in [0.29, 0.717) is 17.1 Å². The molecule has 1 rings (SSSR count). The summed E-state index contributed by atoms with van der Waals surface area (Å²) in [6.07, 6.45) is -0.0172. The van der Waals surface area contributed by atoms with Crippen molar-refractivity contribution in [3.8, 4) is 0 Å². The molecule has 0 amide bonds. The minimum absolute atomic E-state index is 0.287. The van der Waals surface area contributed by atoms with E-state index in [2.05, 4.69) is 10.2 Å². The van der Waals surface area contributed by atoms with Crippen molar-refractivity contribution < 1.29 is 5.11 Å². The monoisotopic (exact) mass is 206 g/mol. The van der Waals surface area contributed by atoms with Crippen molar-refractivity contribution in [2.75, 3.05) is 0 Å². The number of hydrogen-bond donors (Lipinski definition) is 1. The minimum atomic E-state index is -0.456. The third-order valence-corrected chi connectivity index (χ3v) is 1.81. The fraction of sp³-hybridized carbons (Fsp3) is 0.429. The van der Waals surface area contributed by atoms with Gasteiger partial charge in [-0.05, 0) is 18.6 Å². The summed E-state index contributed by atoms with van der Waals surface area (Å²) in [5, 5.41) is 16.8. The average Bonchev–Trinajstić information content (AvgIpc) is 1.96. The predicted molar refractivity (Wildman–Crippen MR) is 47.4 cm³/mol. The van der Waals surface area contributed by atoms with Gasteiger partial charge in [-0.2, -0.15) is 0 Å². The van der Waals surface area contributed by atoms with Gasteiger partial charge in [-0.15, -0.1) is 10.2 Å². The Labute approximate surface area is 80.3 Å². The van der Waals surface area contributed by atoms with Crippen LogP contribution in [0.5, 0.6) is 0 Å². The highest BCUT2D eigenvalue weighted by Gasteiger charge is 2.06. The largest absolute Gasteiger partial charge is 0.393 e. The quantitative estimate of drug-likeness (QED) is 0.802. The summed E-state index contributed by atoms with van der Waals surface area (Å²) in [4.78, 5) is 0. The van der Waals surface area contributed by atoms with E-state index in [-0.39, 0.29) is 5.15 Å². The maximum atomic E-state index is 9.07. The number of rotatable bonds is 2. The second kappa shape index (κ2) is 4.03. The Morgan fingerprint density at radius 1 is 1.50 bits per heavy atom. The molecule has 1 aromatic rings. The highest BCUT2D eigenvalue weighted by molar-refractivity contribution is 6.31. The summed E-state index contributed by atoms with van der Waals surface area (Å²) in [6, 6.07) is 1.60. The lowest BCUT2D eigenvalue weighted by Gasteiger charge is -2.04. The lowest BCUT2D eigenvalue weighted by Crippen LogP contribution is -2.05. The number of aliphatic hydroxyl groups excluding tert-OH is 1. The average molecular weight is 207 g/mol. The van der Waals surface area contributed by atoms with Crippen LogP contribution in [0.25, 0.3) is 0 Å². The second-order valence-corrected chi connectivity index (χ2v) is 3.28. The molecule has 12 heavy (non-hydrogen) atoms. The first-order chi connectivity index (χ1) is 5.59. The summed E-state index contributed by atoms with van der Waals surface area (Å²) in [5.41, 5.74) is 0.715. The van der Waals surface area contributed by atoms with Crippen molar-refractivity contribution in [2.45, 2.75) is 19.4 Å². The molecule has 0 saturated carbocycles. The van der Waals surface area contributed by atoms with Gasteiger partial charge in [-0.25, -0.2) is 0 Å². The van der Waals surface area contributed by atoms with Gasteiger partial charge in [0.05, 0.1) is 6.10 Å². The zero-order valence-electron chi connectivity index (χ0n) is 6.46. The van der Waals surface area contributed by atoms with Crippen LogP contribution in [0, 0.1) is 0 Å². The first kappa shape index (κ1) is 9.71. The fourth-order valence-electron chi connectivity index (χ4n) is 0.849. The highest BCUT2D eigenvalue weighted by atomic mass is 35.5. The highest BCUT2D eigenvalue weighted by Crippen LogP contribution is 2.16. The van der Waals surface area contributed by atoms with Crippen molar-refractivity contribution >= 4 is 23.2 Å². The summed E-state index contributed by atoms with van der Waals surface area (Å²) in [7, 11) is 0. The van der Waals surface area contributed by atoms with Crippen molar-refractivity contribution in [1.82, 2.24) is 10.2 Å². The van der Waals surface area contributed by atoms with Crippen LogP contribution in [0.2, 0.25) is 10.3 Å². The van der Waals surface area contributed by atoms with Crippen LogP contribution < -0.4 is 0 Å². The molecule has 3 nitrogen and oxygen atoms in total. The molecule has 66 valence electrons. The van der Waals surface area contributed by atoms with E-state index in [9.17, 15) is 0 Å². The van der Waals surface area contributed by atoms with Gasteiger partial charge in [-0.3, -0.25) is 0 Å². The molecule has 0 aliphatic heterocycles. The third-order valence-electron chi connectivity index (χ3n) is 1.31. The van der Waals surface area contributed by atoms with Gasteiger partial charge < -0.3 is 5.11 Å². The predicted octanol–water partition coefficient (Wildman–Crippen LogP) is 1.71. The normalized spacial score (nSPS) is 13.0. The summed E-state index contributed by atoms with van der Waals surface area (Å²) >= 11 is 11.3. The van der Waals surface area contributed by atoms with Crippen molar-refractivity contribution in [3.63, 3.8) is 0 Å². The van der Waals surface area contributed by atoms with Crippen molar-refractivity contribution in [2.24, 2.45) is 0 Å². The standard InChI is InChI=1S/C7H8Cl2N2O/c1-4(12)2-5-3-6(8)10-11-7(5)9/h3-4,12H,2H2,1H3/t4-/m0/s1. The van der Waals surface area contributed by atoms with Crippen molar-refractivity contribution in [1.29, 1.82) is 0 Å². The molecule has 1 atom stereocenters. The number of halogens is 2. The Balaban J connectivity index is 2.90. The minimum Gasteiger partial charge on any atom is -0.393 e. The Kier molecular flexibility index (Phi) is 3.26. The van der Waals surface area contributed by atoms with E-state index in [1.807, 2.05) is 0 Å². The van der Waals surface area contributed by atoms with Gasteiger partial charge >= 0.3 is 0 Å². The first-order valence-corrected chi connectivity index (χ1v) is 4.21. The van der Waals surface area contributed by atoms with Crippen LogP contribution in [-0.2, 0) is 6.42 Å². The molecule has 5 heteroatoms. The van der Waals surface area contributed by atoms with Gasteiger partial charge in [0.1, 0.15) is 0 Å². The summed E-state index contributed by atoms with van der Waals surface area (Å²) in [5.74, 6) is 0. The molecule has 0 fully saturated rings. The Bertz CT molecular complexity index is 278. The molecule has 0 bridgehead atoms. The SMILES string of the molecule is C[C@H](O)Cc1cc(Cl)nnc1Cl. The Morgan fingerprint density at radius 3 is 2.75 bits per heavy atom. The lowest BCUT2D eigenvalue weighted by molar-refractivity contribution is 0.195. The Hall–Kier alpha value is -0.380. The molecule has 0 radical (unpaired) electrons. The zero-order chi connectivity index (χ0) is 9.14. The summed E-state index contributed by atoms with van der Waals surface area (Å²) < 4.78 is 0. The van der Waals surface area contributed by atoms with E-state index in [0.717, 1.165) is 0 Å². The van der Waals surface area contributed by atoms with Gasteiger partial charge in [0, 0.05) is 6.42 Å². The van der Waals surface area contributed by atoms with Gasteiger partial charge in [-0.1, -0.05) is 23.2 Å². The van der Waals surface area contributed by atoms with Crippen molar-refractivity contribution in [3.05, 3.63) is 21.9 Å². The van der Waals surface area contributed by atoms with E-state index in [1.165, 1.54) is 0 Å².